The van der Waals surface area contributed by atoms with Gasteiger partial charge in [-0.05, 0) is 34.1 Å². The molecule has 7 heteroatoms. The zero-order valence-corrected chi connectivity index (χ0v) is 12.8. The molecule has 1 aromatic heterocycles. The molecule has 2 heterocycles. The molecule has 0 bridgehead atoms. The number of ether oxygens (including phenoxy) is 1. The Morgan fingerprint density at radius 2 is 2.10 bits per heavy atom. The van der Waals surface area contributed by atoms with Crippen LogP contribution in [-0.2, 0) is 4.74 Å². The number of hydrogen-bond acceptors (Lipinski definition) is 4. The Hall–Kier alpha value is -2.05. The van der Waals surface area contributed by atoms with E-state index in [2.05, 4.69) is 5.10 Å². The van der Waals surface area contributed by atoms with Crippen molar-refractivity contribution in [3.05, 3.63) is 17.5 Å². The lowest BCUT2D eigenvalue weighted by molar-refractivity contribution is 0.0288. The largest absolute Gasteiger partial charge is 0.478 e. The van der Waals surface area contributed by atoms with Gasteiger partial charge in [-0.3, -0.25) is 4.68 Å². The van der Waals surface area contributed by atoms with Crippen molar-refractivity contribution in [2.24, 2.45) is 0 Å². The van der Waals surface area contributed by atoms with E-state index in [4.69, 9.17) is 9.84 Å². The van der Waals surface area contributed by atoms with Crippen molar-refractivity contribution in [2.75, 3.05) is 13.1 Å². The average Bonchev–Trinajstić information content (AvgIpc) is 2.92. The number of likely N-dealkylation sites (tertiary alicyclic amines) is 1. The zero-order valence-electron chi connectivity index (χ0n) is 12.8. The summed E-state index contributed by atoms with van der Waals surface area (Å²) in [4.78, 5) is 24.7. The number of nitrogens with zero attached hydrogens (tertiary/aromatic N) is 3. The number of aromatic nitrogens is 2. The van der Waals surface area contributed by atoms with E-state index in [0.29, 0.717) is 18.8 Å². The van der Waals surface area contributed by atoms with E-state index < -0.39 is 11.6 Å². The lowest BCUT2D eigenvalue weighted by Crippen LogP contribution is -2.35. The van der Waals surface area contributed by atoms with Crippen LogP contribution in [0.15, 0.2) is 6.20 Å². The Kier molecular flexibility index (Phi) is 3.93. The first kappa shape index (κ1) is 15.3. The van der Waals surface area contributed by atoms with Crippen LogP contribution in [0.3, 0.4) is 0 Å². The molecule has 1 atom stereocenters. The van der Waals surface area contributed by atoms with Gasteiger partial charge in [0.05, 0.1) is 11.7 Å². The molecular formula is C14H21N3O4. The van der Waals surface area contributed by atoms with E-state index in [-0.39, 0.29) is 17.7 Å². The molecule has 1 fully saturated rings. The molecule has 0 aliphatic carbocycles. The molecule has 1 saturated heterocycles. The van der Waals surface area contributed by atoms with Gasteiger partial charge < -0.3 is 14.7 Å². The van der Waals surface area contributed by atoms with Crippen LogP contribution in [0.1, 0.15) is 49.3 Å². The fourth-order valence-electron chi connectivity index (χ4n) is 2.33. The molecule has 0 aromatic carbocycles. The summed E-state index contributed by atoms with van der Waals surface area (Å²) >= 11 is 0. The van der Waals surface area contributed by atoms with Crippen molar-refractivity contribution < 1.29 is 19.4 Å². The highest BCUT2D eigenvalue weighted by molar-refractivity contribution is 5.88. The van der Waals surface area contributed by atoms with E-state index in [9.17, 15) is 9.59 Å². The molecule has 0 saturated carbocycles. The highest BCUT2D eigenvalue weighted by atomic mass is 16.6. The molecule has 0 radical (unpaired) electrons. The third kappa shape index (κ3) is 3.53. The van der Waals surface area contributed by atoms with Crippen molar-refractivity contribution in [2.45, 2.75) is 45.8 Å². The van der Waals surface area contributed by atoms with Crippen molar-refractivity contribution in [1.82, 2.24) is 14.7 Å². The van der Waals surface area contributed by atoms with Crippen LogP contribution in [0, 0.1) is 6.92 Å². The second-order valence-corrected chi connectivity index (χ2v) is 6.28. The van der Waals surface area contributed by atoms with Gasteiger partial charge in [-0.25, -0.2) is 9.59 Å². The molecule has 2 rings (SSSR count). The number of hydrogen-bond donors (Lipinski definition) is 1. The number of carboxylic acid groups (broad SMARTS) is 1. The Morgan fingerprint density at radius 1 is 1.43 bits per heavy atom. The minimum atomic E-state index is -0.985. The number of carbonyl (C=O) groups is 2. The molecule has 7 nitrogen and oxygen atoms in total. The van der Waals surface area contributed by atoms with Crippen LogP contribution in [-0.4, -0.2) is 50.5 Å². The minimum absolute atomic E-state index is 0.00989. The lowest BCUT2D eigenvalue weighted by Gasteiger charge is -2.24. The quantitative estimate of drug-likeness (QED) is 0.902. The number of aromatic carboxylic acids is 1. The number of carboxylic acids is 1. The zero-order chi connectivity index (χ0) is 15.8. The lowest BCUT2D eigenvalue weighted by atomic mass is 10.2. The van der Waals surface area contributed by atoms with Gasteiger partial charge in [0.1, 0.15) is 11.2 Å². The van der Waals surface area contributed by atoms with E-state index >= 15 is 0 Å². The van der Waals surface area contributed by atoms with Gasteiger partial charge >= 0.3 is 12.1 Å². The van der Waals surface area contributed by atoms with E-state index in [1.165, 1.54) is 6.20 Å². The highest BCUT2D eigenvalue weighted by Crippen LogP contribution is 2.24. The molecule has 21 heavy (non-hydrogen) atoms. The first-order chi connectivity index (χ1) is 9.67. The number of amides is 1. The van der Waals surface area contributed by atoms with Crippen LogP contribution >= 0.6 is 0 Å². The van der Waals surface area contributed by atoms with Crippen LogP contribution in [0.5, 0.6) is 0 Å². The maximum absolute atomic E-state index is 12.0. The molecule has 1 N–H and O–H groups in total. The summed E-state index contributed by atoms with van der Waals surface area (Å²) < 4.78 is 6.98. The predicted molar refractivity (Wildman–Crippen MR) is 75.4 cm³/mol. The summed E-state index contributed by atoms with van der Waals surface area (Å²) in [6.45, 7) is 8.22. The molecule has 1 aliphatic rings. The SMILES string of the molecule is Cc1nn([C@H]2CCN(C(=O)OC(C)(C)C)C2)cc1C(=O)O. The van der Waals surface area contributed by atoms with Gasteiger partial charge in [0.15, 0.2) is 0 Å². The first-order valence-electron chi connectivity index (χ1n) is 6.94. The summed E-state index contributed by atoms with van der Waals surface area (Å²) in [5, 5.41) is 13.3. The maximum Gasteiger partial charge on any atom is 0.410 e. The summed E-state index contributed by atoms with van der Waals surface area (Å²) in [5.74, 6) is -0.985. The molecule has 116 valence electrons. The Morgan fingerprint density at radius 3 is 2.62 bits per heavy atom. The fourth-order valence-corrected chi connectivity index (χ4v) is 2.33. The highest BCUT2D eigenvalue weighted by Gasteiger charge is 2.31. The molecule has 0 unspecified atom stereocenters. The van der Waals surface area contributed by atoms with Crippen LogP contribution in [0.2, 0.25) is 0 Å². The monoisotopic (exact) mass is 295 g/mol. The van der Waals surface area contributed by atoms with E-state index in [1.807, 2.05) is 20.8 Å². The van der Waals surface area contributed by atoms with Crippen LogP contribution in [0.25, 0.3) is 0 Å². The summed E-state index contributed by atoms with van der Waals surface area (Å²) in [5.41, 5.74) is 0.164. The standard InChI is InChI=1S/C14H21N3O4/c1-9-11(12(18)19)8-17(15-9)10-5-6-16(7-10)13(20)21-14(2,3)4/h8,10H,5-7H2,1-4H3,(H,18,19)/t10-/m0/s1. The molecular weight excluding hydrogens is 274 g/mol. The smallest absolute Gasteiger partial charge is 0.410 e. The van der Waals surface area contributed by atoms with Gasteiger partial charge in [0.25, 0.3) is 0 Å². The number of aryl methyl sites for hydroxylation is 1. The average molecular weight is 295 g/mol. The Labute approximate surface area is 123 Å². The molecule has 1 amide bonds. The summed E-state index contributed by atoms with van der Waals surface area (Å²) in [7, 11) is 0. The van der Waals surface area contributed by atoms with E-state index in [1.54, 1.807) is 16.5 Å². The fraction of sp³-hybridized carbons (Fsp3) is 0.643. The summed E-state index contributed by atoms with van der Waals surface area (Å²) in [6.07, 6.45) is 1.92. The second kappa shape index (κ2) is 5.38. The Bertz CT molecular complexity index is 559. The van der Waals surface area contributed by atoms with Gasteiger partial charge in [-0.2, -0.15) is 5.10 Å². The molecule has 1 aromatic rings. The van der Waals surface area contributed by atoms with Gasteiger partial charge in [-0.1, -0.05) is 0 Å². The number of carbonyl (C=O) groups excluding carboxylic acids is 1. The predicted octanol–water partition coefficient (Wildman–Crippen LogP) is 2.07. The van der Waals surface area contributed by atoms with Crippen LogP contribution < -0.4 is 0 Å². The molecule has 0 spiro atoms. The topological polar surface area (TPSA) is 84.7 Å². The van der Waals surface area contributed by atoms with Gasteiger partial charge in [-0.15, -0.1) is 0 Å². The van der Waals surface area contributed by atoms with E-state index in [0.717, 1.165) is 6.42 Å². The second-order valence-electron chi connectivity index (χ2n) is 6.28. The van der Waals surface area contributed by atoms with Crippen molar-refractivity contribution >= 4 is 12.1 Å². The van der Waals surface area contributed by atoms with Crippen molar-refractivity contribution in [1.29, 1.82) is 0 Å². The van der Waals surface area contributed by atoms with Gasteiger partial charge in [0.2, 0.25) is 0 Å². The van der Waals surface area contributed by atoms with Crippen molar-refractivity contribution in [3.8, 4) is 0 Å². The summed E-state index contributed by atoms with van der Waals surface area (Å²) in [6, 6.07) is -0.00989. The minimum Gasteiger partial charge on any atom is -0.478 e. The number of rotatable bonds is 2. The first-order valence-corrected chi connectivity index (χ1v) is 6.94. The third-order valence-corrected chi connectivity index (χ3v) is 3.34. The maximum atomic E-state index is 12.0. The normalized spacial score (nSPS) is 18.9. The van der Waals surface area contributed by atoms with Crippen molar-refractivity contribution in [3.63, 3.8) is 0 Å². The molecule has 1 aliphatic heterocycles. The third-order valence-electron chi connectivity index (χ3n) is 3.34. The van der Waals surface area contributed by atoms with Crippen LogP contribution in [0.4, 0.5) is 4.79 Å². The Balaban J connectivity index is 2.04. The van der Waals surface area contributed by atoms with Gasteiger partial charge in [0, 0.05) is 19.3 Å².